The van der Waals surface area contributed by atoms with Gasteiger partial charge in [0, 0.05) is 5.82 Å². The second kappa shape index (κ2) is 8.93. The van der Waals surface area contributed by atoms with Gasteiger partial charge in [0.1, 0.15) is 0 Å². The quantitative estimate of drug-likeness (QED) is 0.533. The van der Waals surface area contributed by atoms with E-state index in [0.29, 0.717) is 0 Å². The van der Waals surface area contributed by atoms with Crippen LogP contribution in [0.1, 0.15) is 52.4 Å². The zero-order valence-corrected chi connectivity index (χ0v) is 9.07. The second-order valence-corrected chi connectivity index (χ2v) is 3.57. The first-order valence-electron chi connectivity index (χ1n) is 4.85. The highest BCUT2D eigenvalue weighted by molar-refractivity contribution is 7.27. The van der Waals surface area contributed by atoms with E-state index < -0.39 is 0 Å². The van der Waals surface area contributed by atoms with Crippen LogP contribution in [-0.4, -0.2) is 0 Å². The Morgan fingerprint density at radius 3 is 2.00 bits per heavy atom. The first-order chi connectivity index (χ1) is 5.85. The van der Waals surface area contributed by atoms with Crippen molar-refractivity contribution in [1.82, 2.24) is 0 Å². The minimum absolute atomic E-state index is 0.174. The Labute approximate surface area is 77.5 Å². The number of allylic oxidation sites excluding steroid dienone is 1. The third-order valence-electron chi connectivity index (χ3n) is 1.94. The van der Waals surface area contributed by atoms with Crippen molar-refractivity contribution in [2.45, 2.75) is 52.4 Å². The molecule has 2 heteroatoms. The molecule has 0 aromatic rings. The summed E-state index contributed by atoms with van der Waals surface area (Å²) < 4.78 is 10.4. The number of hydrogen-bond acceptors (Lipinski definition) is 1. The van der Waals surface area contributed by atoms with Crippen LogP contribution in [0.25, 0.3) is 0 Å². The number of rotatable bonds is 7. The van der Waals surface area contributed by atoms with Gasteiger partial charge >= 0.3 is 0 Å². The molecular formula is C10H19OP. The molecule has 0 aromatic carbocycles. The van der Waals surface area contributed by atoms with Gasteiger partial charge in [-0.15, -0.1) is 0 Å². The summed E-state index contributed by atoms with van der Waals surface area (Å²) in [4.78, 5) is 0. The van der Waals surface area contributed by atoms with E-state index in [0.717, 1.165) is 12.8 Å². The molecule has 0 saturated heterocycles. The van der Waals surface area contributed by atoms with Crippen molar-refractivity contribution in [3.8, 4) is 0 Å². The third kappa shape index (κ3) is 6.54. The molecule has 0 N–H and O–H groups in total. The summed E-state index contributed by atoms with van der Waals surface area (Å²) in [5.74, 6) is 1.84. The fraction of sp³-hybridized carbons (Fsp3) is 0.800. The maximum absolute atomic E-state index is 10.4. The van der Waals surface area contributed by atoms with E-state index in [1.54, 1.807) is 0 Å². The molecule has 0 bridgehead atoms. The van der Waals surface area contributed by atoms with Crippen LogP contribution >= 0.6 is 8.46 Å². The molecule has 0 aliphatic rings. The van der Waals surface area contributed by atoms with Gasteiger partial charge in [-0.3, -0.25) is 4.57 Å². The average molecular weight is 186 g/mol. The lowest BCUT2D eigenvalue weighted by Crippen LogP contribution is -1.83. The average Bonchev–Trinajstić information content (AvgIpc) is 2.10. The third-order valence-corrected chi connectivity index (χ3v) is 2.41. The van der Waals surface area contributed by atoms with Crippen LogP contribution < -0.4 is 0 Å². The van der Waals surface area contributed by atoms with E-state index in [1.807, 2.05) is 5.82 Å². The zero-order valence-electron chi connectivity index (χ0n) is 8.18. The Kier molecular flexibility index (Phi) is 8.81. The Morgan fingerprint density at radius 2 is 1.67 bits per heavy atom. The van der Waals surface area contributed by atoms with Gasteiger partial charge in [0.05, 0.1) is 0 Å². The standard InChI is InChI=1S/C10H19OP/c1-3-5-7-10(9-12-11)8-6-4-2/h9H,3-8H2,1-2H3. The number of hydrogen-bond donors (Lipinski definition) is 0. The molecule has 0 unspecified atom stereocenters. The predicted molar refractivity (Wildman–Crippen MR) is 54.7 cm³/mol. The summed E-state index contributed by atoms with van der Waals surface area (Å²) in [5, 5.41) is 0. The highest BCUT2D eigenvalue weighted by atomic mass is 31.1. The summed E-state index contributed by atoms with van der Waals surface area (Å²) in [7, 11) is 0.174. The molecule has 12 heavy (non-hydrogen) atoms. The molecule has 1 nitrogen and oxygen atoms in total. The predicted octanol–water partition coefficient (Wildman–Crippen LogP) is 4.54. The van der Waals surface area contributed by atoms with Crippen molar-refractivity contribution >= 4 is 8.46 Å². The van der Waals surface area contributed by atoms with Crippen molar-refractivity contribution in [2.75, 3.05) is 0 Å². The van der Waals surface area contributed by atoms with E-state index in [4.69, 9.17) is 0 Å². The highest BCUT2D eigenvalue weighted by Gasteiger charge is 1.96. The van der Waals surface area contributed by atoms with Crippen molar-refractivity contribution in [3.63, 3.8) is 0 Å². The SMILES string of the molecule is CCCCC(=CP=O)CCCC. The molecule has 0 atom stereocenters. The molecule has 0 aliphatic heterocycles. The maximum atomic E-state index is 10.4. The van der Waals surface area contributed by atoms with Gasteiger partial charge in [-0.25, -0.2) is 0 Å². The van der Waals surface area contributed by atoms with Crippen LogP contribution in [0.3, 0.4) is 0 Å². The lowest BCUT2D eigenvalue weighted by molar-refractivity contribution is 0.602. The monoisotopic (exact) mass is 186 g/mol. The smallest absolute Gasteiger partial charge is 0.184 e. The molecule has 70 valence electrons. The minimum Gasteiger partial charge on any atom is -0.270 e. The molecule has 0 aromatic heterocycles. The minimum atomic E-state index is 0.174. The van der Waals surface area contributed by atoms with E-state index >= 15 is 0 Å². The molecule has 0 radical (unpaired) electrons. The Balaban J connectivity index is 3.70. The van der Waals surface area contributed by atoms with Crippen LogP contribution in [-0.2, 0) is 4.57 Å². The van der Waals surface area contributed by atoms with Crippen LogP contribution in [0.2, 0.25) is 0 Å². The van der Waals surface area contributed by atoms with Gasteiger partial charge in [0.25, 0.3) is 0 Å². The molecule has 0 saturated carbocycles. The van der Waals surface area contributed by atoms with E-state index in [-0.39, 0.29) is 8.46 Å². The van der Waals surface area contributed by atoms with Crippen molar-refractivity contribution in [3.05, 3.63) is 11.4 Å². The highest BCUT2D eigenvalue weighted by Crippen LogP contribution is 2.17. The number of unbranched alkanes of at least 4 members (excludes halogenated alkanes) is 2. The molecule has 0 amide bonds. The van der Waals surface area contributed by atoms with Gasteiger partial charge in [-0.2, -0.15) is 0 Å². The summed E-state index contributed by atoms with van der Waals surface area (Å²) >= 11 is 0. The molecule has 0 fully saturated rings. The first-order valence-corrected chi connectivity index (χ1v) is 5.73. The lowest BCUT2D eigenvalue weighted by Gasteiger charge is -2.03. The van der Waals surface area contributed by atoms with Crippen molar-refractivity contribution in [2.24, 2.45) is 0 Å². The Hall–Kier alpha value is -0.160. The van der Waals surface area contributed by atoms with Gasteiger partial charge in [0.2, 0.25) is 0 Å². The molecule has 0 heterocycles. The van der Waals surface area contributed by atoms with E-state index in [1.165, 1.54) is 31.3 Å². The van der Waals surface area contributed by atoms with Crippen molar-refractivity contribution < 1.29 is 4.57 Å². The van der Waals surface area contributed by atoms with E-state index in [9.17, 15) is 4.57 Å². The van der Waals surface area contributed by atoms with Gasteiger partial charge < -0.3 is 0 Å². The molecule has 0 rings (SSSR count). The van der Waals surface area contributed by atoms with Crippen LogP contribution in [0.4, 0.5) is 0 Å². The first kappa shape index (κ1) is 11.8. The van der Waals surface area contributed by atoms with Gasteiger partial charge in [0.15, 0.2) is 8.46 Å². The topological polar surface area (TPSA) is 17.1 Å². The Morgan fingerprint density at radius 1 is 1.17 bits per heavy atom. The summed E-state index contributed by atoms with van der Waals surface area (Å²) in [6.45, 7) is 4.37. The lowest BCUT2D eigenvalue weighted by atomic mass is 10.1. The summed E-state index contributed by atoms with van der Waals surface area (Å²) in [6.07, 6.45) is 7.16. The molecule has 0 spiro atoms. The second-order valence-electron chi connectivity index (χ2n) is 3.10. The van der Waals surface area contributed by atoms with Crippen LogP contribution in [0.15, 0.2) is 11.4 Å². The fourth-order valence-electron chi connectivity index (χ4n) is 1.14. The van der Waals surface area contributed by atoms with E-state index in [2.05, 4.69) is 13.8 Å². The van der Waals surface area contributed by atoms with Crippen LogP contribution in [0.5, 0.6) is 0 Å². The largest absolute Gasteiger partial charge is 0.270 e. The maximum Gasteiger partial charge on any atom is 0.184 e. The van der Waals surface area contributed by atoms with Crippen molar-refractivity contribution in [1.29, 1.82) is 0 Å². The normalized spacial score (nSPS) is 10.2. The summed E-state index contributed by atoms with van der Waals surface area (Å²) in [5.41, 5.74) is 1.37. The van der Waals surface area contributed by atoms with Gasteiger partial charge in [-0.1, -0.05) is 32.3 Å². The molecular weight excluding hydrogens is 167 g/mol. The fourth-order valence-corrected chi connectivity index (χ4v) is 1.54. The Bertz CT molecular complexity index is 131. The molecule has 0 aliphatic carbocycles. The van der Waals surface area contributed by atoms with Gasteiger partial charge in [-0.05, 0) is 25.7 Å². The summed E-state index contributed by atoms with van der Waals surface area (Å²) in [6, 6.07) is 0. The zero-order chi connectivity index (χ0) is 9.23. The van der Waals surface area contributed by atoms with Crippen LogP contribution in [0, 0.1) is 0 Å².